The fraction of sp³-hybridized carbons (Fsp3) is 0.455. The fourth-order valence-electron chi connectivity index (χ4n) is 1.56. The number of thiophene rings is 1. The highest BCUT2D eigenvalue weighted by Crippen LogP contribution is 2.21. The van der Waals surface area contributed by atoms with E-state index in [0.29, 0.717) is 24.3 Å². The van der Waals surface area contributed by atoms with E-state index in [9.17, 15) is 0 Å². The quantitative estimate of drug-likeness (QED) is 0.868. The molecular weight excluding hydrogens is 222 g/mol. The second-order valence-electron chi connectivity index (χ2n) is 3.59. The van der Waals surface area contributed by atoms with Gasteiger partial charge in [0.25, 0.3) is 0 Å². The Hall–Kier alpha value is -1.20. The summed E-state index contributed by atoms with van der Waals surface area (Å²) in [4.78, 5) is 5.51. The van der Waals surface area contributed by atoms with E-state index in [1.165, 1.54) is 4.88 Å². The van der Waals surface area contributed by atoms with Crippen molar-refractivity contribution in [1.29, 1.82) is 0 Å². The van der Waals surface area contributed by atoms with Gasteiger partial charge in [-0.1, -0.05) is 18.1 Å². The molecule has 0 unspecified atom stereocenters. The first-order valence-corrected chi connectivity index (χ1v) is 6.23. The second kappa shape index (κ2) is 5.23. The summed E-state index contributed by atoms with van der Waals surface area (Å²) >= 11 is 1.77. The van der Waals surface area contributed by atoms with Crippen molar-refractivity contribution in [1.82, 2.24) is 15.5 Å². The van der Waals surface area contributed by atoms with E-state index in [2.05, 4.69) is 39.9 Å². The van der Waals surface area contributed by atoms with Gasteiger partial charge in [0.15, 0.2) is 5.82 Å². The van der Waals surface area contributed by atoms with E-state index in [-0.39, 0.29) is 0 Å². The number of nitrogens with zero attached hydrogens (tertiary/aromatic N) is 2. The Kier molecular flexibility index (Phi) is 3.69. The summed E-state index contributed by atoms with van der Waals surface area (Å²) < 4.78 is 4.92. The van der Waals surface area contributed by atoms with Crippen LogP contribution in [0.2, 0.25) is 0 Å². The maximum atomic E-state index is 4.92. The molecule has 0 aliphatic heterocycles. The summed E-state index contributed by atoms with van der Waals surface area (Å²) in [5, 5.41) is 9.38. The van der Waals surface area contributed by atoms with Gasteiger partial charge in [0.1, 0.15) is 0 Å². The van der Waals surface area contributed by atoms with E-state index in [1.807, 2.05) is 0 Å². The van der Waals surface area contributed by atoms with Crippen molar-refractivity contribution in [3.8, 4) is 0 Å². The number of hydrogen-bond acceptors (Lipinski definition) is 5. The van der Waals surface area contributed by atoms with Crippen molar-refractivity contribution >= 4 is 11.3 Å². The molecule has 0 spiro atoms. The summed E-state index contributed by atoms with van der Waals surface area (Å²) in [6.45, 7) is 4.61. The van der Waals surface area contributed by atoms with Gasteiger partial charge in [-0.3, -0.25) is 0 Å². The molecular formula is C11H15N3OS. The van der Waals surface area contributed by atoms with Gasteiger partial charge in [0, 0.05) is 17.8 Å². The lowest BCUT2D eigenvalue weighted by molar-refractivity contribution is 0.383. The minimum Gasteiger partial charge on any atom is -0.340 e. The van der Waals surface area contributed by atoms with Gasteiger partial charge in [-0.05, 0) is 17.9 Å². The molecule has 0 amide bonds. The monoisotopic (exact) mass is 237 g/mol. The van der Waals surface area contributed by atoms with Crippen LogP contribution in [0.3, 0.4) is 0 Å². The minimum atomic E-state index is 0.374. The summed E-state index contributed by atoms with van der Waals surface area (Å²) in [6, 6.07) is 4.59. The van der Waals surface area contributed by atoms with E-state index >= 15 is 0 Å². The number of nitrogens with one attached hydrogen (secondary N) is 1. The highest BCUT2D eigenvalue weighted by atomic mass is 32.1. The van der Waals surface area contributed by atoms with Gasteiger partial charge < -0.3 is 9.84 Å². The van der Waals surface area contributed by atoms with Crippen molar-refractivity contribution in [2.24, 2.45) is 0 Å². The number of rotatable bonds is 5. The van der Waals surface area contributed by atoms with E-state index in [1.54, 1.807) is 18.3 Å². The Morgan fingerprint density at radius 2 is 2.44 bits per heavy atom. The molecule has 16 heavy (non-hydrogen) atoms. The van der Waals surface area contributed by atoms with Crippen LogP contribution in [-0.4, -0.2) is 10.1 Å². The van der Waals surface area contributed by atoms with Gasteiger partial charge in [-0.15, -0.1) is 11.3 Å². The number of aromatic nitrogens is 2. The van der Waals surface area contributed by atoms with Crippen LogP contribution in [0, 0.1) is 6.92 Å². The first-order valence-electron chi connectivity index (χ1n) is 5.35. The van der Waals surface area contributed by atoms with Gasteiger partial charge >= 0.3 is 0 Å². The Morgan fingerprint density at radius 3 is 3.00 bits per heavy atom. The first kappa shape index (κ1) is 11.3. The smallest absolute Gasteiger partial charge is 0.223 e. The van der Waals surface area contributed by atoms with Gasteiger partial charge in [-0.25, -0.2) is 0 Å². The molecule has 5 heteroatoms. The summed E-state index contributed by atoms with van der Waals surface area (Å²) in [7, 11) is 0. The Labute approximate surface area is 98.7 Å². The van der Waals surface area contributed by atoms with Crippen LogP contribution < -0.4 is 5.32 Å². The Bertz CT molecular complexity index is 424. The van der Waals surface area contributed by atoms with Crippen LogP contribution in [0.1, 0.15) is 36.0 Å². The molecule has 2 aromatic heterocycles. The molecule has 1 N–H and O–H groups in total. The molecule has 1 atom stereocenters. The van der Waals surface area contributed by atoms with Crippen LogP contribution in [0.15, 0.2) is 22.0 Å². The van der Waals surface area contributed by atoms with Crippen molar-refractivity contribution in [3.05, 3.63) is 34.1 Å². The molecule has 0 fully saturated rings. The zero-order chi connectivity index (χ0) is 11.4. The molecule has 2 aromatic rings. The second-order valence-corrected chi connectivity index (χ2v) is 4.57. The molecule has 4 nitrogen and oxygen atoms in total. The molecule has 0 aliphatic carbocycles. The van der Waals surface area contributed by atoms with Crippen LogP contribution in [0.4, 0.5) is 0 Å². The van der Waals surface area contributed by atoms with Crippen LogP contribution in [0.25, 0.3) is 0 Å². The fourth-order valence-corrected chi connectivity index (χ4v) is 2.45. The minimum absolute atomic E-state index is 0.374. The summed E-state index contributed by atoms with van der Waals surface area (Å²) in [5.41, 5.74) is 0. The molecule has 2 heterocycles. The lowest BCUT2D eigenvalue weighted by Crippen LogP contribution is -2.20. The predicted molar refractivity (Wildman–Crippen MR) is 63.2 cm³/mol. The molecule has 0 saturated carbocycles. The van der Waals surface area contributed by atoms with Crippen molar-refractivity contribution in [2.75, 3.05) is 0 Å². The van der Waals surface area contributed by atoms with Gasteiger partial charge in [0.2, 0.25) is 5.89 Å². The Morgan fingerprint density at radius 1 is 1.56 bits per heavy atom. The van der Waals surface area contributed by atoms with E-state index < -0.39 is 0 Å². The maximum absolute atomic E-state index is 4.92. The van der Waals surface area contributed by atoms with E-state index in [0.717, 1.165) is 6.42 Å². The maximum Gasteiger partial charge on any atom is 0.223 e. The highest BCUT2D eigenvalue weighted by molar-refractivity contribution is 7.10. The lowest BCUT2D eigenvalue weighted by Gasteiger charge is -2.13. The highest BCUT2D eigenvalue weighted by Gasteiger charge is 2.11. The third-order valence-electron chi connectivity index (χ3n) is 2.37. The van der Waals surface area contributed by atoms with Crippen molar-refractivity contribution < 1.29 is 4.52 Å². The summed E-state index contributed by atoms with van der Waals surface area (Å²) in [5.74, 6) is 1.33. The largest absolute Gasteiger partial charge is 0.340 e. The number of hydrogen-bond donors (Lipinski definition) is 1. The zero-order valence-electron chi connectivity index (χ0n) is 9.43. The predicted octanol–water partition coefficient (Wildman–Crippen LogP) is 2.68. The molecule has 0 aliphatic rings. The van der Waals surface area contributed by atoms with E-state index in [4.69, 9.17) is 4.52 Å². The SMILES string of the molecule is CC[C@@H](NCc1noc(C)n1)c1cccs1. The molecule has 0 saturated heterocycles. The Balaban J connectivity index is 1.93. The standard InChI is InChI=1S/C11H15N3OS/c1-3-9(10-5-4-6-16-10)12-7-11-13-8(2)15-14-11/h4-6,9,12H,3,7H2,1-2H3/t9-/m1/s1. The van der Waals surface area contributed by atoms with Crippen LogP contribution in [-0.2, 0) is 6.54 Å². The average molecular weight is 237 g/mol. The van der Waals surface area contributed by atoms with Crippen LogP contribution in [0.5, 0.6) is 0 Å². The zero-order valence-corrected chi connectivity index (χ0v) is 10.3. The lowest BCUT2D eigenvalue weighted by atomic mass is 10.2. The summed E-state index contributed by atoms with van der Waals surface area (Å²) in [6.07, 6.45) is 1.05. The number of aryl methyl sites for hydroxylation is 1. The van der Waals surface area contributed by atoms with Crippen molar-refractivity contribution in [3.63, 3.8) is 0 Å². The van der Waals surface area contributed by atoms with Crippen molar-refractivity contribution in [2.45, 2.75) is 32.9 Å². The molecule has 86 valence electrons. The van der Waals surface area contributed by atoms with Crippen LogP contribution >= 0.6 is 11.3 Å². The normalized spacial score (nSPS) is 12.9. The third-order valence-corrected chi connectivity index (χ3v) is 3.36. The molecule has 0 aromatic carbocycles. The average Bonchev–Trinajstić information content (AvgIpc) is 2.91. The first-order chi connectivity index (χ1) is 7.79. The van der Waals surface area contributed by atoms with Gasteiger partial charge in [0.05, 0.1) is 6.54 Å². The topological polar surface area (TPSA) is 51.0 Å². The molecule has 0 bridgehead atoms. The molecule has 2 rings (SSSR count). The van der Waals surface area contributed by atoms with Gasteiger partial charge in [-0.2, -0.15) is 4.98 Å². The molecule has 0 radical (unpaired) electrons. The third kappa shape index (κ3) is 2.68.